The summed E-state index contributed by atoms with van der Waals surface area (Å²) in [6.45, 7) is 1.39. The van der Waals surface area contributed by atoms with Crippen molar-refractivity contribution in [3.05, 3.63) is 0 Å². The average molecular weight is 234 g/mol. The fourth-order valence-corrected chi connectivity index (χ4v) is 2.55. The predicted molar refractivity (Wildman–Crippen MR) is 62.0 cm³/mol. The molecule has 1 fully saturated rings. The lowest BCUT2D eigenvalue weighted by molar-refractivity contribution is 0.335. The van der Waals surface area contributed by atoms with Crippen LogP contribution in [0.25, 0.3) is 0 Å². The van der Waals surface area contributed by atoms with E-state index >= 15 is 0 Å². The number of nitrogens with two attached hydrogens (primary N) is 1. The third kappa shape index (κ3) is 6.87. The van der Waals surface area contributed by atoms with Gasteiger partial charge in [-0.15, -0.1) is 0 Å². The van der Waals surface area contributed by atoms with Crippen LogP contribution >= 0.6 is 0 Å². The van der Waals surface area contributed by atoms with Gasteiger partial charge in [-0.1, -0.05) is 32.1 Å². The maximum Gasteiger partial charge on any atom is 0.210 e. The highest BCUT2D eigenvalue weighted by molar-refractivity contribution is 7.89. The lowest BCUT2D eigenvalue weighted by Gasteiger charge is -2.21. The van der Waals surface area contributed by atoms with Gasteiger partial charge in [-0.3, -0.25) is 0 Å². The number of hydrogen-bond donors (Lipinski definition) is 2. The first-order chi connectivity index (χ1) is 7.08. The maximum absolute atomic E-state index is 10.6. The molecule has 0 aromatic heterocycles. The second kappa shape index (κ2) is 6.45. The molecule has 0 radical (unpaired) electrons. The molecule has 1 saturated carbocycles. The number of nitrogens with one attached hydrogen (secondary N) is 1. The molecule has 0 spiro atoms. The molecule has 0 unspecified atom stereocenters. The molecule has 0 aromatic rings. The van der Waals surface area contributed by atoms with Crippen LogP contribution in [0.4, 0.5) is 0 Å². The van der Waals surface area contributed by atoms with Crippen molar-refractivity contribution in [1.29, 1.82) is 0 Å². The molecule has 0 amide bonds. The molecule has 1 aliphatic carbocycles. The van der Waals surface area contributed by atoms with Gasteiger partial charge < -0.3 is 5.32 Å². The van der Waals surface area contributed by atoms with E-state index in [2.05, 4.69) is 5.32 Å². The van der Waals surface area contributed by atoms with Crippen molar-refractivity contribution in [3.8, 4) is 0 Å². The Morgan fingerprint density at radius 1 is 1.13 bits per heavy atom. The van der Waals surface area contributed by atoms with Gasteiger partial charge in [-0.05, 0) is 18.9 Å². The topological polar surface area (TPSA) is 72.2 Å². The van der Waals surface area contributed by atoms with E-state index in [1.165, 1.54) is 38.5 Å². The first kappa shape index (κ1) is 12.9. The van der Waals surface area contributed by atoms with Crippen LogP contribution < -0.4 is 10.5 Å². The van der Waals surface area contributed by atoms with E-state index in [4.69, 9.17) is 5.14 Å². The SMILES string of the molecule is NS(=O)(=O)CCNCCC1CCCCC1. The summed E-state index contributed by atoms with van der Waals surface area (Å²) in [5.41, 5.74) is 0. The fourth-order valence-electron chi connectivity index (χ4n) is 2.12. The van der Waals surface area contributed by atoms with Gasteiger partial charge in [0.15, 0.2) is 0 Å². The molecule has 0 aromatic carbocycles. The number of primary sulfonamides is 1. The summed E-state index contributed by atoms with van der Waals surface area (Å²) < 4.78 is 21.3. The Balaban J connectivity index is 1.96. The summed E-state index contributed by atoms with van der Waals surface area (Å²) in [6, 6.07) is 0. The normalized spacial score (nSPS) is 19.3. The summed E-state index contributed by atoms with van der Waals surface area (Å²) in [5, 5.41) is 8.02. The zero-order valence-corrected chi connectivity index (χ0v) is 10.1. The van der Waals surface area contributed by atoms with Gasteiger partial charge in [0, 0.05) is 6.54 Å². The first-order valence-corrected chi connectivity index (χ1v) is 7.50. The highest BCUT2D eigenvalue weighted by atomic mass is 32.2. The highest BCUT2D eigenvalue weighted by Gasteiger charge is 2.12. The van der Waals surface area contributed by atoms with E-state index in [1.54, 1.807) is 0 Å². The van der Waals surface area contributed by atoms with E-state index in [9.17, 15) is 8.42 Å². The average Bonchev–Trinajstić information content (AvgIpc) is 2.17. The second-order valence-corrected chi connectivity index (χ2v) is 6.14. The summed E-state index contributed by atoms with van der Waals surface area (Å²) in [6.07, 6.45) is 7.97. The van der Waals surface area contributed by atoms with Crippen LogP contribution in [0.2, 0.25) is 0 Å². The summed E-state index contributed by atoms with van der Waals surface area (Å²) >= 11 is 0. The molecule has 0 atom stereocenters. The number of hydrogen-bond acceptors (Lipinski definition) is 3. The largest absolute Gasteiger partial charge is 0.316 e. The van der Waals surface area contributed by atoms with Crippen LogP contribution in [0.1, 0.15) is 38.5 Å². The van der Waals surface area contributed by atoms with E-state index in [0.29, 0.717) is 6.54 Å². The number of rotatable bonds is 6. The molecule has 4 nitrogen and oxygen atoms in total. The van der Waals surface area contributed by atoms with E-state index < -0.39 is 10.0 Å². The molecule has 0 saturated heterocycles. The van der Waals surface area contributed by atoms with Crippen molar-refractivity contribution in [2.75, 3.05) is 18.8 Å². The summed E-state index contributed by atoms with van der Waals surface area (Å²) in [5.74, 6) is 0.887. The molecule has 0 heterocycles. The molecule has 0 bridgehead atoms. The molecule has 15 heavy (non-hydrogen) atoms. The van der Waals surface area contributed by atoms with Crippen LogP contribution in [0.3, 0.4) is 0 Å². The minimum Gasteiger partial charge on any atom is -0.316 e. The van der Waals surface area contributed by atoms with Crippen LogP contribution in [-0.4, -0.2) is 27.3 Å². The molecule has 5 heteroatoms. The van der Waals surface area contributed by atoms with Crippen molar-refractivity contribution in [1.82, 2.24) is 5.32 Å². The quantitative estimate of drug-likeness (QED) is 0.669. The lowest BCUT2D eigenvalue weighted by Crippen LogP contribution is -2.28. The molecule has 3 N–H and O–H groups in total. The van der Waals surface area contributed by atoms with Crippen LogP contribution in [-0.2, 0) is 10.0 Å². The van der Waals surface area contributed by atoms with Crippen molar-refractivity contribution in [3.63, 3.8) is 0 Å². The third-order valence-electron chi connectivity index (χ3n) is 3.02. The standard InChI is InChI=1S/C10H22N2O2S/c11-15(13,14)9-8-12-7-6-10-4-2-1-3-5-10/h10,12H,1-9H2,(H2,11,13,14). The van der Waals surface area contributed by atoms with Crippen LogP contribution in [0, 0.1) is 5.92 Å². The zero-order chi connectivity index (χ0) is 11.1. The van der Waals surface area contributed by atoms with E-state index in [0.717, 1.165) is 12.5 Å². The van der Waals surface area contributed by atoms with Crippen molar-refractivity contribution in [2.45, 2.75) is 38.5 Å². The molecule has 1 rings (SSSR count). The molecule has 90 valence electrons. The van der Waals surface area contributed by atoms with Gasteiger partial charge in [0.2, 0.25) is 10.0 Å². The minimum absolute atomic E-state index is 0.0394. The van der Waals surface area contributed by atoms with Gasteiger partial charge in [-0.25, -0.2) is 13.6 Å². The first-order valence-electron chi connectivity index (χ1n) is 5.79. The van der Waals surface area contributed by atoms with E-state index in [-0.39, 0.29) is 5.75 Å². The summed E-state index contributed by atoms with van der Waals surface area (Å²) in [4.78, 5) is 0. The van der Waals surface area contributed by atoms with Crippen molar-refractivity contribution in [2.24, 2.45) is 11.1 Å². The van der Waals surface area contributed by atoms with Crippen LogP contribution in [0.5, 0.6) is 0 Å². The molecule has 0 aliphatic heterocycles. The molecule has 1 aliphatic rings. The Labute approximate surface area is 92.7 Å². The number of sulfonamides is 1. The van der Waals surface area contributed by atoms with Gasteiger partial charge in [-0.2, -0.15) is 0 Å². The molecular formula is C10H22N2O2S. The summed E-state index contributed by atoms with van der Waals surface area (Å²) in [7, 11) is -3.29. The van der Waals surface area contributed by atoms with Gasteiger partial charge in [0.25, 0.3) is 0 Å². The maximum atomic E-state index is 10.6. The third-order valence-corrected chi connectivity index (χ3v) is 3.79. The fraction of sp³-hybridized carbons (Fsp3) is 1.00. The van der Waals surface area contributed by atoms with Crippen molar-refractivity contribution >= 4 is 10.0 Å². The smallest absolute Gasteiger partial charge is 0.210 e. The Hall–Kier alpha value is -0.130. The lowest BCUT2D eigenvalue weighted by atomic mass is 9.87. The highest BCUT2D eigenvalue weighted by Crippen LogP contribution is 2.25. The predicted octanol–water partition coefficient (Wildman–Crippen LogP) is 0.835. The van der Waals surface area contributed by atoms with E-state index in [1.807, 2.05) is 0 Å². The van der Waals surface area contributed by atoms with Crippen molar-refractivity contribution < 1.29 is 8.42 Å². The zero-order valence-electron chi connectivity index (χ0n) is 9.24. The van der Waals surface area contributed by atoms with Gasteiger partial charge >= 0.3 is 0 Å². The second-order valence-electron chi connectivity index (χ2n) is 4.41. The monoisotopic (exact) mass is 234 g/mol. The van der Waals surface area contributed by atoms with Gasteiger partial charge in [0.1, 0.15) is 0 Å². The van der Waals surface area contributed by atoms with Crippen LogP contribution in [0.15, 0.2) is 0 Å². The Morgan fingerprint density at radius 3 is 2.40 bits per heavy atom. The van der Waals surface area contributed by atoms with Gasteiger partial charge in [0.05, 0.1) is 5.75 Å². The molecular weight excluding hydrogens is 212 g/mol. The minimum atomic E-state index is -3.29. The Bertz CT molecular complexity index is 259. The Morgan fingerprint density at radius 2 is 1.80 bits per heavy atom. The Kier molecular flexibility index (Phi) is 5.56.